The van der Waals surface area contributed by atoms with Gasteiger partial charge in [0.05, 0.1) is 6.20 Å². The third kappa shape index (κ3) is 5.44. The molecule has 0 unspecified atom stereocenters. The Bertz CT molecular complexity index is 263. The molecular weight excluding hydrogens is 204 g/mol. The maximum Gasteiger partial charge on any atom is 0.320 e. The van der Waals surface area contributed by atoms with E-state index in [1.807, 2.05) is 0 Å². The zero-order chi connectivity index (χ0) is 11.1. The van der Waals surface area contributed by atoms with Crippen LogP contribution >= 0.6 is 11.5 Å². The van der Waals surface area contributed by atoms with Crippen LogP contribution in [0, 0.1) is 5.92 Å². The van der Waals surface area contributed by atoms with Crippen molar-refractivity contribution in [2.24, 2.45) is 11.7 Å². The van der Waals surface area contributed by atoms with Gasteiger partial charge in [-0.3, -0.25) is 4.79 Å². The van der Waals surface area contributed by atoms with Crippen LogP contribution in [-0.4, -0.2) is 26.7 Å². The van der Waals surface area contributed by atoms with Gasteiger partial charge in [-0.25, -0.2) is 0 Å². The predicted octanol–water partition coefficient (Wildman–Crippen LogP) is 0.175. The van der Waals surface area contributed by atoms with E-state index in [0.717, 1.165) is 0 Å². The van der Waals surface area contributed by atoms with Gasteiger partial charge in [0.1, 0.15) is 11.0 Å². The highest BCUT2D eigenvalue weighted by molar-refractivity contribution is 7.09. The van der Waals surface area contributed by atoms with E-state index in [-0.39, 0.29) is 5.92 Å². The van der Waals surface area contributed by atoms with Crippen molar-refractivity contribution in [2.45, 2.75) is 19.9 Å². The molecule has 0 aliphatic heterocycles. The van der Waals surface area contributed by atoms with E-state index in [1.54, 1.807) is 13.8 Å². The molecule has 0 aliphatic rings. The molecule has 0 spiro atoms. The first kappa shape index (κ1) is 12.8. The molecule has 1 atom stereocenters. The quantitative estimate of drug-likeness (QED) is 0.652. The smallest absolute Gasteiger partial charge is 0.320 e. The molecule has 1 rings (SSSR count). The highest BCUT2D eigenvalue weighted by atomic mass is 32.1. The summed E-state index contributed by atoms with van der Waals surface area (Å²) in [4.78, 5) is 10.0. The fraction of sp³-hybridized carbons (Fsp3) is 0.571. The lowest BCUT2D eigenvalue weighted by molar-refractivity contribution is -0.139. The van der Waals surface area contributed by atoms with Gasteiger partial charge in [0.2, 0.25) is 0 Å². The van der Waals surface area contributed by atoms with E-state index >= 15 is 0 Å². The van der Waals surface area contributed by atoms with E-state index in [0.29, 0.717) is 5.00 Å². The number of carboxylic acid groups (broad SMARTS) is 1. The second-order valence-corrected chi connectivity index (χ2v) is 3.75. The monoisotopic (exact) mass is 218 g/mol. The summed E-state index contributed by atoms with van der Waals surface area (Å²) in [5.41, 5.74) is 10.3. The van der Waals surface area contributed by atoms with Gasteiger partial charge in [0, 0.05) is 11.5 Å². The molecule has 0 amide bonds. The number of aliphatic carboxylic acids is 1. The molecule has 0 saturated heterocycles. The van der Waals surface area contributed by atoms with E-state index in [9.17, 15) is 4.79 Å². The van der Waals surface area contributed by atoms with Crippen molar-refractivity contribution >= 4 is 22.5 Å². The molecule has 0 bridgehead atoms. The third-order valence-corrected chi connectivity index (χ3v) is 1.87. The minimum absolute atomic E-state index is 0.0208. The van der Waals surface area contributed by atoms with Crippen molar-refractivity contribution in [3.63, 3.8) is 0 Å². The van der Waals surface area contributed by atoms with E-state index in [1.165, 1.54) is 17.7 Å². The van der Waals surface area contributed by atoms with Crippen LogP contribution in [0.5, 0.6) is 0 Å². The average Bonchev–Trinajstić information content (AvgIpc) is 2.55. The van der Waals surface area contributed by atoms with Gasteiger partial charge >= 0.3 is 5.97 Å². The molecule has 6 nitrogen and oxygen atoms in total. The minimum atomic E-state index is -0.931. The Balaban J connectivity index is 0.000000249. The lowest BCUT2D eigenvalue weighted by atomic mass is 10.1. The Morgan fingerprint density at radius 3 is 2.29 bits per heavy atom. The van der Waals surface area contributed by atoms with Gasteiger partial charge in [0.15, 0.2) is 0 Å². The minimum Gasteiger partial charge on any atom is -0.480 e. The fourth-order valence-corrected chi connectivity index (χ4v) is 0.743. The molecule has 14 heavy (non-hydrogen) atoms. The SMILES string of the molecule is CC(C)[C@H](N)C(=O)O.Nc1cnns1. The lowest BCUT2D eigenvalue weighted by Crippen LogP contribution is -2.34. The van der Waals surface area contributed by atoms with Gasteiger partial charge in [-0.2, -0.15) is 0 Å². The standard InChI is InChI=1S/C5H11NO2.C2H3N3S/c1-3(2)4(6)5(7)8;3-2-1-4-5-6-2/h3-4H,6H2,1-2H3,(H,7,8);1H,3H2/t4-;/m0./s1. The van der Waals surface area contributed by atoms with Crippen molar-refractivity contribution in [3.8, 4) is 0 Å². The number of nitrogen functional groups attached to an aromatic ring is 1. The highest BCUT2D eigenvalue weighted by Gasteiger charge is 2.14. The number of anilines is 1. The summed E-state index contributed by atoms with van der Waals surface area (Å²) in [6.07, 6.45) is 1.52. The van der Waals surface area contributed by atoms with Crippen molar-refractivity contribution in [3.05, 3.63) is 6.20 Å². The molecule has 1 aromatic rings. The van der Waals surface area contributed by atoms with E-state index < -0.39 is 12.0 Å². The van der Waals surface area contributed by atoms with Crippen LogP contribution in [0.2, 0.25) is 0 Å². The summed E-state index contributed by atoms with van der Waals surface area (Å²) < 4.78 is 3.49. The molecule has 1 heterocycles. The number of rotatable bonds is 2. The molecular formula is C7H14N4O2S. The Hall–Kier alpha value is -1.21. The van der Waals surface area contributed by atoms with Gasteiger partial charge in [-0.15, -0.1) is 5.10 Å². The number of aromatic nitrogens is 2. The van der Waals surface area contributed by atoms with Gasteiger partial charge < -0.3 is 16.6 Å². The van der Waals surface area contributed by atoms with E-state index in [2.05, 4.69) is 9.59 Å². The summed E-state index contributed by atoms with van der Waals surface area (Å²) in [5, 5.41) is 12.4. The molecule has 0 radical (unpaired) electrons. The van der Waals surface area contributed by atoms with Crippen LogP contribution in [0.25, 0.3) is 0 Å². The highest BCUT2D eigenvalue weighted by Crippen LogP contribution is 1.99. The molecule has 0 aliphatic carbocycles. The summed E-state index contributed by atoms with van der Waals surface area (Å²) in [7, 11) is 0. The first-order valence-corrected chi connectivity index (χ1v) is 4.73. The van der Waals surface area contributed by atoms with Gasteiger partial charge in [0.25, 0.3) is 0 Å². The second-order valence-electron chi connectivity index (χ2n) is 2.93. The Morgan fingerprint density at radius 1 is 1.64 bits per heavy atom. The summed E-state index contributed by atoms with van der Waals surface area (Å²) in [6.45, 7) is 3.55. The molecule has 80 valence electrons. The maximum atomic E-state index is 10.0. The number of nitrogens with zero attached hydrogens (tertiary/aromatic N) is 2. The zero-order valence-corrected chi connectivity index (χ0v) is 8.86. The summed E-state index contributed by atoms with van der Waals surface area (Å²) >= 11 is 1.19. The Labute approximate surface area is 86.1 Å². The number of hydrogen-bond donors (Lipinski definition) is 3. The summed E-state index contributed by atoms with van der Waals surface area (Å²) in [5.74, 6) is -0.910. The third-order valence-electron chi connectivity index (χ3n) is 1.38. The normalized spacial score (nSPS) is 11.7. The van der Waals surface area contributed by atoms with Crippen LogP contribution < -0.4 is 11.5 Å². The van der Waals surface area contributed by atoms with Crippen LogP contribution in [0.3, 0.4) is 0 Å². The van der Waals surface area contributed by atoms with Crippen molar-refractivity contribution < 1.29 is 9.90 Å². The topological polar surface area (TPSA) is 115 Å². The molecule has 5 N–H and O–H groups in total. The van der Waals surface area contributed by atoms with Crippen molar-refractivity contribution in [2.75, 3.05) is 5.73 Å². The fourth-order valence-electron chi connectivity index (χ4n) is 0.460. The zero-order valence-electron chi connectivity index (χ0n) is 8.04. The van der Waals surface area contributed by atoms with Crippen molar-refractivity contribution in [1.29, 1.82) is 0 Å². The lowest BCUT2D eigenvalue weighted by Gasteiger charge is -2.07. The second kappa shape index (κ2) is 6.28. The number of carboxylic acids is 1. The Morgan fingerprint density at radius 2 is 2.21 bits per heavy atom. The molecule has 7 heteroatoms. The molecule has 1 aromatic heterocycles. The first-order chi connectivity index (χ1) is 6.45. The van der Waals surface area contributed by atoms with Crippen LogP contribution in [0.1, 0.15) is 13.8 Å². The first-order valence-electron chi connectivity index (χ1n) is 3.96. The predicted molar refractivity (Wildman–Crippen MR) is 54.8 cm³/mol. The molecule has 0 aromatic carbocycles. The van der Waals surface area contributed by atoms with E-state index in [4.69, 9.17) is 16.6 Å². The summed E-state index contributed by atoms with van der Waals surface area (Å²) in [6, 6.07) is -0.713. The van der Waals surface area contributed by atoms with Crippen molar-refractivity contribution in [1.82, 2.24) is 9.59 Å². The van der Waals surface area contributed by atoms with Crippen LogP contribution in [0.4, 0.5) is 5.00 Å². The maximum absolute atomic E-state index is 10.0. The average molecular weight is 218 g/mol. The van der Waals surface area contributed by atoms with Gasteiger partial charge in [-0.1, -0.05) is 18.3 Å². The Kier molecular flexibility index (Phi) is 5.73. The molecule has 0 saturated carbocycles. The largest absolute Gasteiger partial charge is 0.480 e. The van der Waals surface area contributed by atoms with Crippen LogP contribution in [0.15, 0.2) is 6.20 Å². The number of nitrogens with two attached hydrogens (primary N) is 2. The number of carbonyl (C=O) groups is 1. The number of hydrogen-bond acceptors (Lipinski definition) is 6. The van der Waals surface area contributed by atoms with Gasteiger partial charge in [-0.05, 0) is 5.92 Å². The van der Waals surface area contributed by atoms with Crippen LogP contribution in [-0.2, 0) is 4.79 Å². The molecule has 0 fully saturated rings.